The summed E-state index contributed by atoms with van der Waals surface area (Å²) in [7, 11) is 0. The second-order valence-corrected chi connectivity index (χ2v) is 7.28. The highest BCUT2D eigenvalue weighted by atomic mass is 19.1. The molecule has 0 radical (unpaired) electrons. The number of carbonyl (C=O) groups excluding carboxylic acids is 1. The molecule has 0 fully saturated rings. The van der Waals surface area contributed by atoms with Crippen molar-refractivity contribution in [3.8, 4) is 17.3 Å². The third-order valence-corrected chi connectivity index (χ3v) is 5.12. The molecule has 0 atom stereocenters. The predicted molar refractivity (Wildman–Crippen MR) is 124 cm³/mol. The molecule has 3 heterocycles. The Labute approximate surface area is 196 Å². The lowest BCUT2D eigenvalue weighted by Gasteiger charge is -2.14. The lowest BCUT2D eigenvalue weighted by molar-refractivity contribution is 0.102. The summed E-state index contributed by atoms with van der Waals surface area (Å²) in [6, 6.07) is 13.3. The highest BCUT2D eigenvalue weighted by molar-refractivity contribution is 6.04. The van der Waals surface area contributed by atoms with Crippen LogP contribution in [0.4, 0.5) is 26.0 Å². The molecular formula is C24H14F2N8O. The van der Waals surface area contributed by atoms with Crippen molar-refractivity contribution in [2.75, 3.05) is 10.6 Å². The van der Waals surface area contributed by atoms with Crippen molar-refractivity contribution in [1.29, 1.82) is 5.26 Å². The molecule has 3 aromatic heterocycles. The van der Waals surface area contributed by atoms with Crippen molar-refractivity contribution < 1.29 is 13.6 Å². The molecule has 5 aromatic rings. The number of amides is 1. The van der Waals surface area contributed by atoms with Crippen LogP contribution in [0.25, 0.3) is 22.4 Å². The van der Waals surface area contributed by atoms with Gasteiger partial charge in [-0.25, -0.2) is 28.7 Å². The summed E-state index contributed by atoms with van der Waals surface area (Å²) in [5.74, 6) is -2.44. The first-order valence-electron chi connectivity index (χ1n) is 10.2. The Morgan fingerprint density at radius 2 is 1.91 bits per heavy atom. The second kappa shape index (κ2) is 8.95. The summed E-state index contributed by atoms with van der Waals surface area (Å²) in [5.41, 5.74) is 1.51. The number of benzene rings is 2. The Morgan fingerprint density at radius 1 is 1.03 bits per heavy atom. The van der Waals surface area contributed by atoms with E-state index in [2.05, 4.69) is 35.6 Å². The van der Waals surface area contributed by atoms with Crippen LogP contribution >= 0.6 is 0 Å². The molecule has 0 aliphatic rings. The molecule has 35 heavy (non-hydrogen) atoms. The van der Waals surface area contributed by atoms with Gasteiger partial charge in [0.05, 0.1) is 23.6 Å². The van der Waals surface area contributed by atoms with Crippen LogP contribution in [0.1, 0.15) is 15.9 Å². The molecule has 0 spiro atoms. The fraction of sp³-hybridized carbons (Fsp3) is 0. The number of carbonyl (C=O) groups is 1. The van der Waals surface area contributed by atoms with Gasteiger partial charge in [-0.1, -0.05) is 6.07 Å². The Kier molecular flexibility index (Phi) is 5.52. The normalized spacial score (nSPS) is 10.7. The summed E-state index contributed by atoms with van der Waals surface area (Å²) in [4.78, 5) is 32.2. The van der Waals surface area contributed by atoms with Crippen LogP contribution in [0.2, 0.25) is 0 Å². The Morgan fingerprint density at radius 3 is 2.77 bits per heavy atom. The largest absolute Gasteiger partial charge is 0.341 e. The van der Waals surface area contributed by atoms with Crippen molar-refractivity contribution in [1.82, 2.24) is 24.9 Å². The van der Waals surface area contributed by atoms with E-state index in [0.29, 0.717) is 22.4 Å². The van der Waals surface area contributed by atoms with Gasteiger partial charge in [-0.3, -0.25) is 4.79 Å². The predicted octanol–water partition coefficient (Wildman–Crippen LogP) is 4.56. The lowest BCUT2D eigenvalue weighted by Crippen LogP contribution is -2.14. The molecule has 0 saturated carbocycles. The maximum Gasteiger partial charge on any atom is 0.255 e. The molecule has 0 saturated heterocycles. The first kappa shape index (κ1) is 21.6. The molecule has 9 nitrogen and oxygen atoms in total. The zero-order valence-corrected chi connectivity index (χ0v) is 17.8. The van der Waals surface area contributed by atoms with Gasteiger partial charge in [-0.2, -0.15) is 5.26 Å². The minimum Gasteiger partial charge on any atom is -0.341 e. The van der Waals surface area contributed by atoms with E-state index < -0.39 is 23.2 Å². The highest BCUT2D eigenvalue weighted by Crippen LogP contribution is 2.33. The summed E-state index contributed by atoms with van der Waals surface area (Å²) in [5, 5.41) is 14.1. The van der Waals surface area contributed by atoms with Crippen LogP contribution in [0, 0.1) is 23.0 Å². The topological polar surface area (TPSA) is 132 Å². The van der Waals surface area contributed by atoms with Crippen molar-refractivity contribution in [3.63, 3.8) is 0 Å². The lowest BCUT2D eigenvalue weighted by atomic mass is 10.1. The maximum atomic E-state index is 15.3. The van der Waals surface area contributed by atoms with Crippen molar-refractivity contribution in [3.05, 3.63) is 90.1 Å². The number of aromatic nitrogens is 5. The van der Waals surface area contributed by atoms with Crippen LogP contribution in [0.5, 0.6) is 0 Å². The van der Waals surface area contributed by atoms with Crippen molar-refractivity contribution >= 4 is 34.3 Å². The maximum absolute atomic E-state index is 15.3. The monoisotopic (exact) mass is 468 g/mol. The van der Waals surface area contributed by atoms with Gasteiger partial charge in [0.1, 0.15) is 34.9 Å². The molecule has 5 rings (SSSR count). The molecule has 1 amide bonds. The summed E-state index contributed by atoms with van der Waals surface area (Å²) in [6.45, 7) is 0. The third kappa shape index (κ3) is 4.11. The zero-order chi connectivity index (χ0) is 24.4. The number of anilines is 3. The molecule has 2 aromatic carbocycles. The molecule has 0 aliphatic carbocycles. The molecule has 0 aliphatic heterocycles. The molecule has 170 valence electrons. The Balaban J connectivity index is 1.50. The molecule has 0 bridgehead atoms. The van der Waals surface area contributed by atoms with Crippen LogP contribution in [0.3, 0.4) is 0 Å². The van der Waals surface area contributed by atoms with E-state index in [1.807, 2.05) is 6.07 Å². The van der Waals surface area contributed by atoms with E-state index in [1.165, 1.54) is 43.1 Å². The van der Waals surface area contributed by atoms with Gasteiger partial charge in [0.2, 0.25) is 0 Å². The number of nitrogens with zero attached hydrogens (tertiary/aromatic N) is 5. The zero-order valence-electron chi connectivity index (χ0n) is 17.8. The number of H-pyrrole nitrogens is 1. The van der Waals surface area contributed by atoms with E-state index in [9.17, 15) is 9.18 Å². The number of aromatic amines is 1. The number of nitrogens with one attached hydrogen (secondary N) is 3. The summed E-state index contributed by atoms with van der Waals surface area (Å²) in [6.07, 6.45) is 4.25. The van der Waals surface area contributed by atoms with Gasteiger partial charge in [0.15, 0.2) is 11.5 Å². The standard InChI is InChI=1S/C24H14F2N8O/c25-16-6-7-17(33-24(35)14-4-1-3-13(9-14)10-27)18(26)20(16)34-22-15(5-2-8-28-22)19-21-23(31-11-29-19)32-12-30-21/h1-9,11-12H,(H,28,34)(H,33,35)(H,29,30,31,32). The minimum absolute atomic E-state index is 0.130. The third-order valence-electron chi connectivity index (χ3n) is 5.12. The number of fused-ring (bicyclic) bond motifs is 1. The van der Waals surface area contributed by atoms with E-state index in [1.54, 1.807) is 12.1 Å². The summed E-state index contributed by atoms with van der Waals surface area (Å²) >= 11 is 0. The first-order valence-corrected chi connectivity index (χ1v) is 10.2. The minimum atomic E-state index is -1.03. The highest BCUT2D eigenvalue weighted by Gasteiger charge is 2.20. The van der Waals surface area contributed by atoms with Gasteiger partial charge < -0.3 is 15.6 Å². The Hall–Kier alpha value is -5.24. The average Bonchev–Trinajstić information content (AvgIpc) is 3.38. The molecular weight excluding hydrogens is 454 g/mol. The number of halogens is 2. The number of nitriles is 1. The number of rotatable bonds is 5. The van der Waals surface area contributed by atoms with Gasteiger partial charge in [-0.05, 0) is 42.5 Å². The average molecular weight is 468 g/mol. The van der Waals surface area contributed by atoms with E-state index in [0.717, 1.165) is 12.1 Å². The molecule has 3 N–H and O–H groups in total. The first-order chi connectivity index (χ1) is 17.0. The van der Waals surface area contributed by atoms with Crippen LogP contribution < -0.4 is 10.6 Å². The van der Waals surface area contributed by atoms with Gasteiger partial charge in [0, 0.05) is 17.3 Å². The number of imidazole rings is 1. The van der Waals surface area contributed by atoms with Crippen LogP contribution in [0.15, 0.2) is 67.4 Å². The number of pyridine rings is 1. The smallest absolute Gasteiger partial charge is 0.255 e. The van der Waals surface area contributed by atoms with E-state index in [-0.39, 0.29) is 22.6 Å². The van der Waals surface area contributed by atoms with Crippen LogP contribution in [-0.2, 0) is 0 Å². The van der Waals surface area contributed by atoms with Crippen molar-refractivity contribution in [2.24, 2.45) is 0 Å². The summed E-state index contributed by atoms with van der Waals surface area (Å²) < 4.78 is 30.0. The number of hydrogen-bond acceptors (Lipinski definition) is 7. The van der Waals surface area contributed by atoms with Gasteiger partial charge >= 0.3 is 0 Å². The fourth-order valence-corrected chi connectivity index (χ4v) is 3.47. The Bertz CT molecular complexity index is 1630. The van der Waals surface area contributed by atoms with Gasteiger partial charge in [0.25, 0.3) is 5.91 Å². The SMILES string of the molecule is N#Cc1cccc(C(=O)Nc2ccc(F)c(Nc3ncccc3-c3ncnc4nc[nH]c34)c2F)c1. The molecule has 0 unspecified atom stereocenters. The van der Waals surface area contributed by atoms with Crippen molar-refractivity contribution in [2.45, 2.75) is 0 Å². The molecule has 11 heteroatoms. The number of hydrogen-bond donors (Lipinski definition) is 3. The fourth-order valence-electron chi connectivity index (χ4n) is 3.47. The van der Waals surface area contributed by atoms with E-state index >= 15 is 4.39 Å². The quantitative estimate of drug-likeness (QED) is 0.344. The van der Waals surface area contributed by atoms with E-state index in [4.69, 9.17) is 5.26 Å². The van der Waals surface area contributed by atoms with Crippen LogP contribution in [-0.4, -0.2) is 30.8 Å². The second-order valence-electron chi connectivity index (χ2n) is 7.28. The van der Waals surface area contributed by atoms with Gasteiger partial charge in [-0.15, -0.1) is 0 Å².